The Morgan fingerprint density at radius 3 is 1.79 bits per heavy atom. The summed E-state index contributed by atoms with van der Waals surface area (Å²) in [5.41, 5.74) is 10.2. The Hall–Kier alpha value is -2.31. The number of rotatable bonds is 3. The van der Waals surface area contributed by atoms with E-state index in [0.717, 1.165) is 6.42 Å². The van der Waals surface area contributed by atoms with Crippen LogP contribution in [0.3, 0.4) is 0 Å². The van der Waals surface area contributed by atoms with Gasteiger partial charge in [0.25, 0.3) is 0 Å². The van der Waals surface area contributed by atoms with Crippen molar-refractivity contribution < 1.29 is 21.3 Å². The van der Waals surface area contributed by atoms with Crippen molar-refractivity contribution in [3.05, 3.63) is 135 Å². The fourth-order valence-corrected chi connectivity index (χ4v) is 10.7. The van der Waals surface area contributed by atoms with E-state index in [-0.39, 0.29) is 30.2 Å². The molecule has 0 saturated carbocycles. The molecule has 0 aromatic heterocycles. The van der Waals surface area contributed by atoms with E-state index in [4.69, 9.17) is 4.21 Å². The molecule has 0 spiro atoms. The van der Waals surface area contributed by atoms with Crippen molar-refractivity contribution in [2.45, 2.75) is 34.1 Å². The summed E-state index contributed by atoms with van der Waals surface area (Å²) >= 11 is -2.07. The van der Waals surface area contributed by atoms with E-state index in [1.165, 1.54) is 33.4 Å². The molecule has 0 nitrogen and oxygen atoms in total. The van der Waals surface area contributed by atoms with E-state index in [1.54, 1.807) is 12.1 Å². The second-order valence-corrected chi connectivity index (χ2v) is 16.2. The summed E-state index contributed by atoms with van der Waals surface area (Å²) in [7, 11) is 0. The van der Waals surface area contributed by atoms with Gasteiger partial charge < -0.3 is 0 Å². The van der Waals surface area contributed by atoms with Gasteiger partial charge >= 0.3 is 160 Å². The van der Waals surface area contributed by atoms with Gasteiger partial charge in [-0.3, -0.25) is 0 Å². The normalized spacial score (nSPS) is 14.8. The fourth-order valence-electron chi connectivity index (χ4n) is 5.39. The van der Waals surface area contributed by atoms with Crippen LogP contribution in [-0.2, 0) is 27.7 Å². The summed E-state index contributed by atoms with van der Waals surface area (Å²) < 4.78 is 8.04. The molecule has 0 bridgehead atoms. The zero-order chi connectivity index (χ0) is 26.0. The van der Waals surface area contributed by atoms with E-state index in [0.29, 0.717) is 5.92 Å². The van der Waals surface area contributed by atoms with Crippen LogP contribution in [0, 0.1) is 11.3 Å². The van der Waals surface area contributed by atoms with E-state index >= 15 is 0 Å². The molecule has 3 heteroatoms. The molecule has 39 heavy (non-hydrogen) atoms. The molecule has 0 amide bonds. The Bertz CT molecular complexity index is 1450. The molecule has 0 aliphatic heterocycles. The number of allylic oxidation sites excluding steroid dienone is 4. The summed E-state index contributed by atoms with van der Waals surface area (Å²) in [4.78, 5) is 0. The molecule has 4 aromatic carbocycles. The van der Waals surface area contributed by atoms with Crippen molar-refractivity contribution in [1.82, 2.24) is 0 Å². The van der Waals surface area contributed by atoms with E-state index in [2.05, 4.69) is 131 Å². The summed E-state index contributed by atoms with van der Waals surface area (Å²) in [5.74, 6) is 0.556. The number of hydrogen-bond donors (Lipinski definition) is 0. The third-order valence-electron chi connectivity index (χ3n) is 7.50. The van der Waals surface area contributed by atoms with Crippen molar-refractivity contribution in [2.75, 3.05) is 0 Å². The van der Waals surface area contributed by atoms with Crippen LogP contribution in [0.15, 0.2) is 124 Å². The Labute approximate surface area is 254 Å². The molecule has 6 rings (SSSR count). The molecule has 2 aliphatic rings. The van der Waals surface area contributed by atoms with Crippen molar-refractivity contribution in [2.24, 2.45) is 11.3 Å². The topological polar surface area (TPSA) is 0 Å². The fraction of sp³-hybridized carbons (Fsp3) is 0.194. The summed E-state index contributed by atoms with van der Waals surface area (Å²) in [5, 5.41) is 0. The van der Waals surface area contributed by atoms with Gasteiger partial charge in [0.05, 0.1) is 0 Å². The first-order valence-corrected chi connectivity index (χ1v) is 17.5. The van der Waals surface area contributed by atoms with Crippen LogP contribution in [0.25, 0.3) is 22.3 Å². The smallest absolute Gasteiger partial charge is 0.0184 e. The molecule has 200 valence electrons. The summed E-state index contributed by atoms with van der Waals surface area (Å²) in [6.07, 6.45) is 6.05. The van der Waals surface area contributed by atoms with Crippen molar-refractivity contribution >= 4 is 32.3 Å². The number of fused-ring (bicyclic) bond motifs is 3. The number of hydrogen-bond acceptors (Lipinski definition) is 0. The molecule has 0 saturated heterocycles. The molecule has 4 aromatic rings. The van der Waals surface area contributed by atoms with Crippen LogP contribution < -0.4 is 3.27 Å². The standard InChI is InChI=1S/C13H9.C12H10.C10H15.CH2.2ClH.Zr/c1-3-7-12-10(5-1)9-11-6-2-4-8-13(11)12;1-3-7-11(8-4-1)12-9-5-2-6-10-12;1-8-5-6-9(7-8)10(2,3)4;;;;/h1-5,7-8H,9H2;1-10H;6-8H,1-4H3;1H2;2*1H;. The second-order valence-electron chi connectivity index (χ2n) is 11.1. The van der Waals surface area contributed by atoms with Crippen LogP contribution in [0.4, 0.5) is 0 Å². The van der Waals surface area contributed by atoms with Gasteiger partial charge in [0.15, 0.2) is 0 Å². The number of halogens is 2. The van der Waals surface area contributed by atoms with E-state index < -0.39 is 21.3 Å². The zero-order valence-electron chi connectivity index (χ0n) is 23.3. The van der Waals surface area contributed by atoms with Gasteiger partial charge in [0.1, 0.15) is 0 Å². The average Bonchev–Trinajstić information content (AvgIpc) is 3.50. The van der Waals surface area contributed by atoms with Gasteiger partial charge in [0.2, 0.25) is 0 Å². The first kappa shape index (κ1) is 31.2. The predicted octanol–water partition coefficient (Wildman–Crippen LogP) is 9.64. The van der Waals surface area contributed by atoms with Crippen molar-refractivity contribution in [1.29, 1.82) is 0 Å². The molecular formula is C36H38Cl2Zr. The quantitative estimate of drug-likeness (QED) is 0.186. The Balaban J connectivity index is 0.000000254. The maximum atomic E-state index is 4.79. The van der Waals surface area contributed by atoms with Gasteiger partial charge in [0, 0.05) is 0 Å². The molecule has 0 N–H and O–H groups in total. The van der Waals surface area contributed by atoms with E-state index in [9.17, 15) is 0 Å². The first-order valence-electron chi connectivity index (χ1n) is 13.3. The number of benzene rings is 4. The minimum absolute atomic E-state index is 0. The Morgan fingerprint density at radius 1 is 0.692 bits per heavy atom. The zero-order valence-corrected chi connectivity index (χ0v) is 27.4. The third kappa shape index (κ3) is 6.89. The minimum atomic E-state index is -2.07. The van der Waals surface area contributed by atoms with Gasteiger partial charge in [-0.05, 0) is 11.1 Å². The second kappa shape index (κ2) is 13.4. The SMILES string of the molecule is Cl.Cl.[CH2]=[Zr]([C]1=CC(C(C)(C)C)=CC1C)[c]1cccc2c1Cc1ccccc1-2.c1ccc(-c2ccccc2)cc1. The molecule has 0 heterocycles. The summed E-state index contributed by atoms with van der Waals surface area (Å²) in [6.45, 7) is 9.30. The maximum Gasteiger partial charge on any atom is -0.0184 e. The van der Waals surface area contributed by atoms with Crippen molar-refractivity contribution in [3.8, 4) is 22.3 Å². The predicted molar refractivity (Wildman–Crippen MR) is 173 cm³/mol. The first-order chi connectivity index (χ1) is 17.8. The van der Waals surface area contributed by atoms with Crippen LogP contribution in [-0.4, -0.2) is 4.21 Å². The molecule has 1 atom stereocenters. The molecule has 0 radical (unpaired) electrons. The van der Waals surface area contributed by atoms with Crippen LogP contribution in [0.5, 0.6) is 0 Å². The van der Waals surface area contributed by atoms with E-state index in [1.807, 2.05) is 12.1 Å². The summed E-state index contributed by atoms with van der Waals surface area (Å²) in [6, 6.07) is 36.6. The molecular weight excluding hydrogens is 595 g/mol. The molecule has 0 fully saturated rings. The van der Waals surface area contributed by atoms with Crippen LogP contribution in [0.1, 0.15) is 38.8 Å². The van der Waals surface area contributed by atoms with Gasteiger partial charge in [-0.1, -0.05) is 60.7 Å². The third-order valence-corrected chi connectivity index (χ3v) is 13.4. The molecule has 1 unspecified atom stereocenters. The van der Waals surface area contributed by atoms with Gasteiger partial charge in [-0.15, -0.1) is 24.8 Å². The Morgan fingerprint density at radius 2 is 1.23 bits per heavy atom. The average molecular weight is 633 g/mol. The van der Waals surface area contributed by atoms with Crippen LogP contribution >= 0.6 is 24.8 Å². The molecule has 2 aliphatic carbocycles. The maximum absolute atomic E-state index is 4.79. The Kier molecular flexibility index (Phi) is 10.7. The van der Waals surface area contributed by atoms with Crippen molar-refractivity contribution in [3.63, 3.8) is 0 Å². The largest absolute Gasteiger partial charge is 0.0622 e. The van der Waals surface area contributed by atoms with Gasteiger partial charge in [-0.2, -0.15) is 0 Å². The monoisotopic (exact) mass is 630 g/mol. The van der Waals surface area contributed by atoms with Gasteiger partial charge in [-0.25, -0.2) is 0 Å². The van der Waals surface area contributed by atoms with Crippen LogP contribution in [0.2, 0.25) is 0 Å². The minimum Gasteiger partial charge on any atom is -0.0622 e.